The highest BCUT2D eigenvalue weighted by Gasteiger charge is 2.41. The molecule has 0 bridgehead atoms. The third kappa shape index (κ3) is 2.44. The summed E-state index contributed by atoms with van der Waals surface area (Å²) in [6.45, 7) is 8.38. The zero-order valence-electron chi connectivity index (χ0n) is 8.97. The van der Waals surface area contributed by atoms with Crippen LogP contribution in [0.2, 0.25) is 0 Å². The number of likely N-dealkylation sites (tertiary alicyclic amines) is 1. The Labute approximate surface area is 81.5 Å². The van der Waals surface area contributed by atoms with E-state index in [2.05, 4.69) is 18.7 Å². The summed E-state index contributed by atoms with van der Waals surface area (Å²) in [6, 6.07) is 0. The van der Waals surface area contributed by atoms with Crippen molar-refractivity contribution < 1.29 is 0 Å². The Balaban J connectivity index is 1.86. The van der Waals surface area contributed by atoms with Gasteiger partial charge in [-0.25, -0.2) is 0 Å². The van der Waals surface area contributed by atoms with Gasteiger partial charge in [-0.2, -0.15) is 0 Å². The summed E-state index contributed by atoms with van der Waals surface area (Å²) in [5.74, 6) is 0. The molecule has 0 atom stereocenters. The smallest absolute Gasteiger partial charge is 0.0284 e. The largest absolute Gasteiger partial charge is 0.324 e. The molecule has 2 aliphatic rings. The summed E-state index contributed by atoms with van der Waals surface area (Å²) in [7, 11) is 0. The van der Waals surface area contributed by atoms with Gasteiger partial charge in [-0.15, -0.1) is 0 Å². The molecule has 76 valence electrons. The molecule has 1 heterocycles. The van der Waals surface area contributed by atoms with Crippen LogP contribution in [0.4, 0.5) is 0 Å². The minimum absolute atomic E-state index is 0.202. The van der Waals surface area contributed by atoms with Crippen LogP contribution in [-0.2, 0) is 0 Å². The van der Waals surface area contributed by atoms with Gasteiger partial charge in [0.15, 0.2) is 0 Å². The van der Waals surface area contributed by atoms with Crippen molar-refractivity contribution in [1.82, 2.24) is 4.90 Å². The van der Waals surface area contributed by atoms with Crippen LogP contribution < -0.4 is 5.73 Å². The summed E-state index contributed by atoms with van der Waals surface area (Å²) < 4.78 is 0. The molecule has 0 unspecified atom stereocenters. The molecule has 2 heteroatoms. The van der Waals surface area contributed by atoms with E-state index < -0.39 is 0 Å². The van der Waals surface area contributed by atoms with E-state index in [9.17, 15) is 0 Å². The molecule has 1 aliphatic carbocycles. The van der Waals surface area contributed by atoms with Gasteiger partial charge >= 0.3 is 0 Å². The number of hydrogen-bond acceptors (Lipinski definition) is 2. The number of nitrogens with two attached hydrogens (primary N) is 1. The van der Waals surface area contributed by atoms with Gasteiger partial charge in [0.25, 0.3) is 0 Å². The minimum atomic E-state index is 0.202. The van der Waals surface area contributed by atoms with Crippen molar-refractivity contribution >= 4 is 0 Å². The molecule has 2 N–H and O–H groups in total. The molecular weight excluding hydrogens is 160 g/mol. The first-order valence-electron chi connectivity index (χ1n) is 5.51. The van der Waals surface area contributed by atoms with Gasteiger partial charge in [0.05, 0.1) is 0 Å². The second-order valence-electron chi connectivity index (χ2n) is 5.84. The van der Waals surface area contributed by atoms with Crippen LogP contribution in [0.5, 0.6) is 0 Å². The monoisotopic (exact) mass is 182 g/mol. The fraction of sp³-hybridized carbons (Fsp3) is 1.00. The maximum absolute atomic E-state index is 6.12. The Morgan fingerprint density at radius 1 is 1.23 bits per heavy atom. The van der Waals surface area contributed by atoms with E-state index >= 15 is 0 Å². The Kier molecular flexibility index (Phi) is 2.16. The molecule has 13 heavy (non-hydrogen) atoms. The first-order chi connectivity index (χ1) is 5.99. The van der Waals surface area contributed by atoms with Crippen LogP contribution in [0.3, 0.4) is 0 Å². The summed E-state index contributed by atoms with van der Waals surface area (Å²) in [4.78, 5) is 2.57. The first-order valence-corrected chi connectivity index (χ1v) is 5.51. The van der Waals surface area contributed by atoms with Crippen molar-refractivity contribution in [2.45, 2.75) is 45.1 Å². The zero-order chi connectivity index (χ0) is 9.53. The predicted molar refractivity (Wildman–Crippen MR) is 55.6 cm³/mol. The van der Waals surface area contributed by atoms with Crippen molar-refractivity contribution in [3.63, 3.8) is 0 Å². The van der Waals surface area contributed by atoms with Gasteiger partial charge in [0.1, 0.15) is 0 Å². The number of nitrogens with zero attached hydrogens (tertiary/aromatic N) is 1. The summed E-state index contributed by atoms with van der Waals surface area (Å²) >= 11 is 0. The quantitative estimate of drug-likeness (QED) is 0.703. The number of piperidine rings is 1. The summed E-state index contributed by atoms with van der Waals surface area (Å²) in [5.41, 5.74) is 6.84. The molecule has 0 radical (unpaired) electrons. The van der Waals surface area contributed by atoms with Gasteiger partial charge < -0.3 is 10.6 Å². The standard InChI is InChI=1S/C11H22N2/c1-10(2)4-3-7-13(8-10)9-11(12)5-6-11/h3-9,12H2,1-2H3. The molecule has 0 amide bonds. The molecule has 2 rings (SSSR count). The summed E-state index contributed by atoms with van der Waals surface area (Å²) in [6.07, 6.45) is 5.21. The normalized spacial score (nSPS) is 31.6. The maximum atomic E-state index is 6.12. The molecule has 0 aromatic carbocycles. The van der Waals surface area contributed by atoms with E-state index in [1.807, 2.05) is 0 Å². The lowest BCUT2D eigenvalue weighted by Crippen LogP contribution is -2.46. The molecule has 0 aromatic rings. The molecular formula is C11H22N2. The lowest BCUT2D eigenvalue weighted by molar-refractivity contribution is 0.109. The summed E-state index contributed by atoms with van der Waals surface area (Å²) in [5, 5.41) is 0. The number of hydrogen-bond donors (Lipinski definition) is 1. The highest BCUT2D eigenvalue weighted by atomic mass is 15.2. The Morgan fingerprint density at radius 3 is 2.46 bits per heavy atom. The lowest BCUT2D eigenvalue weighted by atomic mass is 9.84. The average molecular weight is 182 g/mol. The number of rotatable bonds is 2. The van der Waals surface area contributed by atoms with Gasteiger partial charge in [-0.1, -0.05) is 13.8 Å². The Hall–Kier alpha value is -0.0800. The van der Waals surface area contributed by atoms with E-state index in [4.69, 9.17) is 5.73 Å². The van der Waals surface area contributed by atoms with Crippen molar-refractivity contribution in [3.05, 3.63) is 0 Å². The van der Waals surface area contributed by atoms with Gasteiger partial charge in [0.2, 0.25) is 0 Å². The first kappa shape index (κ1) is 9.47. The second-order valence-corrected chi connectivity index (χ2v) is 5.84. The molecule has 1 aliphatic heterocycles. The predicted octanol–water partition coefficient (Wildman–Crippen LogP) is 1.60. The van der Waals surface area contributed by atoms with Crippen LogP contribution in [-0.4, -0.2) is 30.1 Å². The zero-order valence-corrected chi connectivity index (χ0v) is 8.97. The van der Waals surface area contributed by atoms with Crippen molar-refractivity contribution in [1.29, 1.82) is 0 Å². The second kappa shape index (κ2) is 2.96. The van der Waals surface area contributed by atoms with E-state index in [-0.39, 0.29) is 5.54 Å². The van der Waals surface area contributed by atoms with Crippen molar-refractivity contribution in [2.24, 2.45) is 11.1 Å². The van der Waals surface area contributed by atoms with Crippen LogP contribution in [0.15, 0.2) is 0 Å². The Morgan fingerprint density at radius 2 is 1.92 bits per heavy atom. The molecule has 2 fully saturated rings. The molecule has 1 saturated heterocycles. The fourth-order valence-electron chi connectivity index (χ4n) is 2.44. The SMILES string of the molecule is CC1(C)CCCN(CC2(N)CC2)C1. The molecule has 2 nitrogen and oxygen atoms in total. The average Bonchev–Trinajstić information content (AvgIpc) is 2.65. The highest BCUT2D eigenvalue weighted by Crippen LogP contribution is 2.36. The van der Waals surface area contributed by atoms with E-state index in [0.717, 1.165) is 6.54 Å². The molecule has 1 saturated carbocycles. The van der Waals surface area contributed by atoms with Crippen LogP contribution in [0.1, 0.15) is 39.5 Å². The van der Waals surface area contributed by atoms with Crippen LogP contribution in [0.25, 0.3) is 0 Å². The topological polar surface area (TPSA) is 29.3 Å². The maximum Gasteiger partial charge on any atom is 0.0284 e. The molecule has 0 aromatic heterocycles. The van der Waals surface area contributed by atoms with Crippen LogP contribution in [0, 0.1) is 5.41 Å². The minimum Gasteiger partial charge on any atom is -0.324 e. The van der Waals surface area contributed by atoms with Gasteiger partial charge in [-0.3, -0.25) is 0 Å². The third-order valence-corrected chi connectivity index (χ3v) is 3.41. The van der Waals surface area contributed by atoms with Gasteiger partial charge in [-0.05, 0) is 37.6 Å². The van der Waals surface area contributed by atoms with E-state index in [1.165, 1.54) is 38.8 Å². The van der Waals surface area contributed by atoms with Crippen molar-refractivity contribution in [2.75, 3.05) is 19.6 Å². The van der Waals surface area contributed by atoms with Gasteiger partial charge in [0, 0.05) is 18.6 Å². The lowest BCUT2D eigenvalue weighted by Gasteiger charge is -2.39. The van der Waals surface area contributed by atoms with Crippen molar-refractivity contribution in [3.8, 4) is 0 Å². The fourth-order valence-corrected chi connectivity index (χ4v) is 2.44. The van der Waals surface area contributed by atoms with E-state index in [1.54, 1.807) is 0 Å². The molecule has 0 spiro atoms. The highest BCUT2D eigenvalue weighted by molar-refractivity contribution is 5.01. The van der Waals surface area contributed by atoms with E-state index in [0.29, 0.717) is 5.41 Å². The van der Waals surface area contributed by atoms with Crippen LogP contribution >= 0.6 is 0 Å². The Bertz CT molecular complexity index is 192. The third-order valence-electron chi connectivity index (χ3n) is 3.41.